The van der Waals surface area contributed by atoms with Gasteiger partial charge in [-0.1, -0.05) is 81.5 Å². The van der Waals surface area contributed by atoms with Gasteiger partial charge in [0, 0.05) is 43.6 Å². The second-order valence-corrected chi connectivity index (χ2v) is 18.0. The molecule has 0 aliphatic heterocycles. The second-order valence-electron chi connectivity index (χ2n) is 13.0. The Hall–Kier alpha value is -3.44. The maximum atomic E-state index is 6.06. The molecule has 0 aliphatic rings. The molecule has 4 heterocycles. The molecule has 0 aliphatic carbocycles. The third-order valence-corrected chi connectivity index (χ3v) is 9.55. The minimum atomic E-state index is -1.34. The van der Waals surface area contributed by atoms with Crippen molar-refractivity contribution in [1.82, 2.24) is 15.0 Å². The molecule has 1 radical (unpaired) electrons. The van der Waals surface area contributed by atoms with Crippen molar-refractivity contribution in [2.75, 3.05) is 0 Å². The van der Waals surface area contributed by atoms with Gasteiger partial charge in [0.15, 0.2) is 0 Å². The Morgan fingerprint density at radius 1 is 0.841 bits per heavy atom. The summed E-state index contributed by atoms with van der Waals surface area (Å²) >= 11 is 0. The number of rotatable bonds is 6. The summed E-state index contributed by atoms with van der Waals surface area (Å²) in [6.07, 6.45) is 4.99. The standard InChI is InChI=1S/C21H19N2O.C17H22NSi.Ir/c1-13(2)11-15-9-10-22-19(12-15)18-6-4-5-16-17-8-7-14(3)23-21(17)24-20(16)18;1-13(2)15-11-16(14-9-7-6-8-10-14)18-12-17(15)19(3,4)5;/h4-5,7-10,12-13H,11H2,1-3H3;6-9,11-13H,1-5H3;/q2*-1;. The molecule has 0 atom stereocenters. The van der Waals surface area contributed by atoms with E-state index in [4.69, 9.17) is 4.42 Å². The molecule has 6 heteroatoms. The minimum absolute atomic E-state index is 0. The number of fused-ring (bicyclic) bond motifs is 3. The van der Waals surface area contributed by atoms with Crippen molar-refractivity contribution in [2.24, 2.45) is 5.92 Å². The fourth-order valence-corrected chi connectivity index (χ4v) is 7.07. The normalized spacial score (nSPS) is 11.5. The average Bonchev–Trinajstić information content (AvgIpc) is 3.34. The molecule has 0 fully saturated rings. The van der Waals surface area contributed by atoms with E-state index in [0.717, 1.165) is 51.0 Å². The number of furan rings is 1. The Bertz CT molecular complexity index is 1860. The number of hydrogen-bond acceptors (Lipinski definition) is 4. The number of benzene rings is 2. The monoisotopic (exact) mass is 776 g/mol. The summed E-state index contributed by atoms with van der Waals surface area (Å²) in [5, 5.41) is 3.56. The van der Waals surface area contributed by atoms with Crippen molar-refractivity contribution in [3.05, 3.63) is 108 Å². The predicted molar refractivity (Wildman–Crippen MR) is 182 cm³/mol. The number of pyridine rings is 3. The van der Waals surface area contributed by atoms with E-state index in [9.17, 15) is 0 Å². The van der Waals surface area contributed by atoms with Crippen molar-refractivity contribution in [1.29, 1.82) is 0 Å². The molecule has 0 N–H and O–H groups in total. The van der Waals surface area contributed by atoms with Gasteiger partial charge in [-0.15, -0.1) is 54.1 Å². The molecule has 0 saturated heterocycles. The molecule has 2 aromatic carbocycles. The van der Waals surface area contributed by atoms with Crippen LogP contribution in [0, 0.1) is 25.0 Å². The van der Waals surface area contributed by atoms with Crippen LogP contribution in [0.15, 0.2) is 83.5 Å². The molecule has 0 saturated carbocycles. The van der Waals surface area contributed by atoms with Crippen LogP contribution in [0.5, 0.6) is 0 Å². The van der Waals surface area contributed by atoms with Gasteiger partial charge in [-0.3, -0.25) is 0 Å². The van der Waals surface area contributed by atoms with E-state index in [1.165, 1.54) is 16.3 Å². The Morgan fingerprint density at radius 2 is 1.64 bits per heavy atom. The van der Waals surface area contributed by atoms with Crippen LogP contribution in [0.3, 0.4) is 0 Å². The molecule has 0 unspecified atom stereocenters. The summed E-state index contributed by atoms with van der Waals surface area (Å²) in [7, 11) is -1.34. The average molecular weight is 776 g/mol. The maximum absolute atomic E-state index is 6.06. The molecule has 0 amide bonds. The molecular weight excluding hydrogens is 735 g/mol. The Morgan fingerprint density at radius 3 is 2.32 bits per heavy atom. The predicted octanol–water partition coefficient (Wildman–Crippen LogP) is 9.56. The van der Waals surface area contributed by atoms with Gasteiger partial charge in [-0.05, 0) is 60.0 Å². The largest absolute Gasteiger partial charge is 0.486 e. The Labute approximate surface area is 276 Å². The van der Waals surface area contributed by atoms with E-state index in [2.05, 4.69) is 111 Å². The zero-order valence-corrected chi connectivity index (χ0v) is 30.3. The van der Waals surface area contributed by atoms with Crippen molar-refractivity contribution >= 4 is 35.3 Å². The van der Waals surface area contributed by atoms with Gasteiger partial charge in [-0.2, -0.15) is 0 Å². The quantitative estimate of drug-likeness (QED) is 0.125. The smallest absolute Gasteiger partial charge is 0.216 e. The van der Waals surface area contributed by atoms with Gasteiger partial charge in [-0.25, -0.2) is 4.98 Å². The van der Waals surface area contributed by atoms with Crippen molar-refractivity contribution in [2.45, 2.75) is 66.6 Å². The first-order valence-electron chi connectivity index (χ1n) is 15.1. The van der Waals surface area contributed by atoms with Crippen LogP contribution < -0.4 is 5.19 Å². The van der Waals surface area contributed by atoms with Gasteiger partial charge in [0.25, 0.3) is 0 Å². The van der Waals surface area contributed by atoms with E-state index in [1.54, 1.807) is 0 Å². The number of hydrogen-bond donors (Lipinski definition) is 0. The summed E-state index contributed by atoms with van der Waals surface area (Å²) in [5.74, 6) is 1.14. The van der Waals surface area contributed by atoms with Gasteiger partial charge < -0.3 is 14.4 Å². The van der Waals surface area contributed by atoms with Gasteiger partial charge >= 0.3 is 0 Å². The summed E-state index contributed by atoms with van der Waals surface area (Å²) in [6, 6.07) is 29.1. The fourth-order valence-electron chi connectivity index (χ4n) is 5.39. The number of nitrogens with zero attached hydrogens (tertiary/aromatic N) is 3. The van der Waals surface area contributed by atoms with Crippen LogP contribution in [0.4, 0.5) is 0 Å². The number of aromatic nitrogens is 3. The first-order chi connectivity index (χ1) is 20.5. The third-order valence-electron chi connectivity index (χ3n) is 7.51. The molecule has 229 valence electrons. The Kier molecular flexibility index (Phi) is 10.7. The molecule has 6 rings (SSSR count). The zero-order chi connectivity index (χ0) is 30.7. The van der Waals surface area contributed by atoms with E-state index >= 15 is 0 Å². The fraction of sp³-hybridized carbons (Fsp3) is 0.289. The van der Waals surface area contributed by atoms with E-state index in [-0.39, 0.29) is 20.1 Å². The summed E-state index contributed by atoms with van der Waals surface area (Å²) in [5.41, 5.74) is 9.06. The Balaban J connectivity index is 0.000000202. The van der Waals surface area contributed by atoms with Crippen molar-refractivity contribution in [3.8, 4) is 22.5 Å². The second kappa shape index (κ2) is 14.1. The molecule has 6 aromatic rings. The van der Waals surface area contributed by atoms with Crippen LogP contribution in [0.2, 0.25) is 19.6 Å². The molecule has 44 heavy (non-hydrogen) atoms. The van der Waals surface area contributed by atoms with Crippen LogP contribution in [-0.2, 0) is 26.5 Å². The van der Waals surface area contributed by atoms with Crippen LogP contribution in [0.25, 0.3) is 44.6 Å². The minimum Gasteiger partial charge on any atom is -0.486 e. The van der Waals surface area contributed by atoms with E-state index < -0.39 is 8.07 Å². The van der Waals surface area contributed by atoms with Gasteiger partial charge in [0.1, 0.15) is 0 Å². The molecule has 0 spiro atoms. The summed E-state index contributed by atoms with van der Waals surface area (Å²) < 4.78 is 6.06. The van der Waals surface area contributed by atoms with Crippen LogP contribution in [-0.4, -0.2) is 23.0 Å². The first kappa shape index (κ1) is 33.4. The first-order valence-corrected chi connectivity index (χ1v) is 18.6. The van der Waals surface area contributed by atoms with Gasteiger partial charge in [0.2, 0.25) is 5.71 Å². The zero-order valence-electron chi connectivity index (χ0n) is 27.0. The third kappa shape index (κ3) is 7.61. The van der Waals surface area contributed by atoms with Crippen LogP contribution in [0.1, 0.15) is 50.4 Å². The van der Waals surface area contributed by atoms with Crippen molar-refractivity contribution < 1.29 is 24.5 Å². The number of aryl methyl sites for hydroxylation is 1. The summed E-state index contributed by atoms with van der Waals surface area (Å²) in [6.45, 7) is 18.1. The SMILES string of the molecule is CC(C)c1cc(-c2[c-]cccc2)ncc1[Si](C)(C)C.Cc1ccc2c(n1)oc1c(-c3cc(CC(C)C)ccn3)[c-]ccc12.[Ir]. The molecular formula is C38H41IrN3OSi-2. The van der Waals surface area contributed by atoms with Crippen LogP contribution >= 0.6 is 0 Å². The summed E-state index contributed by atoms with van der Waals surface area (Å²) in [4.78, 5) is 13.7. The molecule has 0 bridgehead atoms. The van der Waals surface area contributed by atoms with Gasteiger partial charge in [0.05, 0.1) is 13.7 Å². The van der Waals surface area contributed by atoms with E-state index in [0.29, 0.717) is 17.5 Å². The van der Waals surface area contributed by atoms with Crippen molar-refractivity contribution in [3.63, 3.8) is 0 Å². The maximum Gasteiger partial charge on any atom is 0.216 e. The molecule has 4 aromatic heterocycles. The molecule has 4 nitrogen and oxygen atoms in total. The van der Waals surface area contributed by atoms with E-state index in [1.807, 2.05) is 49.5 Å². The topological polar surface area (TPSA) is 51.8 Å².